The van der Waals surface area contributed by atoms with Crippen molar-refractivity contribution in [1.82, 2.24) is 0 Å². The van der Waals surface area contributed by atoms with Crippen molar-refractivity contribution in [2.75, 3.05) is 0 Å². The molecular weight excluding hydrogens is 472 g/mol. The van der Waals surface area contributed by atoms with Crippen molar-refractivity contribution < 1.29 is 48.0 Å². The van der Waals surface area contributed by atoms with E-state index in [9.17, 15) is 24.3 Å². The van der Waals surface area contributed by atoms with E-state index in [2.05, 4.69) is 0 Å². The lowest BCUT2D eigenvalue weighted by molar-refractivity contribution is -0.230. The van der Waals surface area contributed by atoms with Gasteiger partial charge in [-0.05, 0) is 38.7 Å². The number of hydrogen-bond acceptors (Lipinski definition) is 10. The summed E-state index contributed by atoms with van der Waals surface area (Å²) < 4.78 is 29.0. The highest BCUT2D eigenvalue weighted by Crippen LogP contribution is 2.65. The van der Waals surface area contributed by atoms with Gasteiger partial charge in [0, 0.05) is 38.5 Å². The van der Waals surface area contributed by atoms with Crippen LogP contribution in [0, 0.1) is 17.3 Å². The third kappa shape index (κ3) is 3.84. The van der Waals surface area contributed by atoms with E-state index >= 15 is 0 Å². The molecule has 1 spiro atoms. The van der Waals surface area contributed by atoms with Crippen LogP contribution in [-0.4, -0.2) is 70.7 Å². The average Bonchev–Trinajstić information content (AvgIpc) is 3.35. The number of allylic oxidation sites excluding steroid dienone is 1. The van der Waals surface area contributed by atoms with E-state index in [-0.39, 0.29) is 6.42 Å². The molecule has 1 N–H and O–H groups in total. The zero-order valence-electron chi connectivity index (χ0n) is 21.9. The third-order valence-electron chi connectivity index (χ3n) is 8.78. The summed E-state index contributed by atoms with van der Waals surface area (Å²) in [6, 6.07) is 0. The molecule has 0 aromatic heterocycles. The van der Waals surface area contributed by atoms with Gasteiger partial charge in [-0.1, -0.05) is 19.4 Å². The highest BCUT2D eigenvalue weighted by molar-refractivity contribution is 5.88. The standard InChI is InChI=1S/C26H36O10/c1-12-8-9-18(33-15(4)28)24(6)19(34-16(5)29)11-17(32-14(3)27)13(2)21(24)22(30)26-20(10-12)35-23(31)25(26,7)36-26/h10,13,17-22,30H,8-9,11H2,1-7H3. The Morgan fingerprint density at radius 3 is 2.17 bits per heavy atom. The zero-order valence-corrected chi connectivity index (χ0v) is 21.9. The Morgan fingerprint density at radius 1 is 1.03 bits per heavy atom. The van der Waals surface area contributed by atoms with Crippen molar-refractivity contribution in [3.8, 4) is 0 Å². The van der Waals surface area contributed by atoms with Crippen LogP contribution in [0.2, 0.25) is 0 Å². The summed E-state index contributed by atoms with van der Waals surface area (Å²) in [6.07, 6.45) is -1.61. The molecule has 10 heteroatoms. The number of fused-ring (bicyclic) bond motifs is 1. The van der Waals surface area contributed by atoms with E-state index in [1.54, 1.807) is 13.0 Å². The van der Waals surface area contributed by atoms with Crippen molar-refractivity contribution in [3.63, 3.8) is 0 Å². The maximum Gasteiger partial charge on any atom is 0.342 e. The monoisotopic (exact) mass is 508 g/mol. The summed E-state index contributed by atoms with van der Waals surface area (Å²) in [7, 11) is 0. The SMILES string of the molecule is CC(=O)OC1CC(OC(C)=O)C2(C)C(OC(C)=O)CCC(C)=CC3OC(=O)C4(C)OC34C(O)C2C1C. The Morgan fingerprint density at radius 2 is 1.61 bits per heavy atom. The molecule has 2 aliphatic heterocycles. The molecule has 2 aliphatic carbocycles. The molecule has 0 bridgehead atoms. The zero-order chi connectivity index (χ0) is 26.8. The Bertz CT molecular complexity index is 1000. The van der Waals surface area contributed by atoms with Crippen LogP contribution < -0.4 is 0 Å². The van der Waals surface area contributed by atoms with Crippen LogP contribution in [0.25, 0.3) is 0 Å². The molecule has 3 fully saturated rings. The van der Waals surface area contributed by atoms with Crippen LogP contribution in [0.1, 0.15) is 67.7 Å². The maximum absolute atomic E-state index is 12.8. The second-order valence-electron chi connectivity index (χ2n) is 11.1. The number of rotatable bonds is 3. The van der Waals surface area contributed by atoms with Gasteiger partial charge in [-0.15, -0.1) is 0 Å². The molecule has 10 atom stereocenters. The highest BCUT2D eigenvalue weighted by atomic mass is 16.7. The van der Waals surface area contributed by atoms with Crippen molar-refractivity contribution >= 4 is 23.9 Å². The van der Waals surface area contributed by atoms with Gasteiger partial charge in [-0.25, -0.2) is 4.79 Å². The molecule has 0 radical (unpaired) electrons. The third-order valence-corrected chi connectivity index (χ3v) is 8.78. The van der Waals surface area contributed by atoms with Gasteiger partial charge in [-0.2, -0.15) is 0 Å². The molecule has 4 rings (SSSR count). The summed E-state index contributed by atoms with van der Waals surface area (Å²) in [4.78, 5) is 49.2. The van der Waals surface area contributed by atoms with Crippen molar-refractivity contribution in [2.45, 2.75) is 109 Å². The molecule has 10 nitrogen and oxygen atoms in total. The van der Waals surface area contributed by atoms with Crippen molar-refractivity contribution in [2.24, 2.45) is 17.3 Å². The lowest BCUT2D eigenvalue weighted by Gasteiger charge is -2.56. The summed E-state index contributed by atoms with van der Waals surface area (Å²) in [5.41, 5.74) is -2.98. The van der Waals surface area contributed by atoms with Crippen LogP contribution in [0.4, 0.5) is 0 Å². The fourth-order valence-electron chi connectivity index (χ4n) is 6.98. The van der Waals surface area contributed by atoms with Crippen molar-refractivity contribution in [1.29, 1.82) is 0 Å². The summed E-state index contributed by atoms with van der Waals surface area (Å²) >= 11 is 0. The first-order chi connectivity index (χ1) is 16.7. The maximum atomic E-state index is 12.8. The number of aliphatic hydroxyl groups is 1. The number of hydrogen-bond donors (Lipinski definition) is 1. The van der Waals surface area contributed by atoms with E-state index in [0.717, 1.165) is 5.57 Å². The summed E-state index contributed by atoms with van der Waals surface area (Å²) in [5, 5.41) is 12.1. The van der Waals surface area contributed by atoms with Gasteiger partial charge >= 0.3 is 23.9 Å². The van der Waals surface area contributed by atoms with Gasteiger partial charge in [0.1, 0.15) is 18.3 Å². The van der Waals surface area contributed by atoms with Gasteiger partial charge in [0.05, 0.1) is 6.10 Å². The van der Waals surface area contributed by atoms with Crippen LogP contribution >= 0.6 is 0 Å². The van der Waals surface area contributed by atoms with E-state index in [1.165, 1.54) is 20.8 Å². The predicted octanol–water partition coefficient (Wildman–Crippen LogP) is 2.00. The predicted molar refractivity (Wildman–Crippen MR) is 123 cm³/mol. The molecular formula is C26H36O10. The lowest BCUT2D eigenvalue weighted by atomic mass is 9.53. The van der Waals surface area contributed by atoms with Gasteiger partial charge < -0.3 is 28.8 Å². The molecule has 4 aliphatic rings. The van der Waals surface area contributed by atoms with E-state index < -0.39 is 82.8 Å². The second kappa shape index (κ2) is 8.83. The van der Waals surface area contributed by atoms with Crippen LogP contribution in [0.3, 0.4) is 0 Å². The van der Waals surface area contributed by atoms with Crippen LogP contribution in [-0.2, 0) is 42.9 Å². The Balaban J connectivity index is 1.92. The van der Waals surface area contributed by atoms with Crippen LogP contribution in [0.5, 0.6) is 0 Å². The largest absolute Gasteiger partial charge is 0.462 e. The molecule has 36 heavy (non-hydrogen) atoms. The number of esters is 4. The topological polar surface area (TPSA) is 138 Å². The normalized spacial score (nSPS) is 45.6. The summed E-state index contributed by atoms with van der Waals surface area (Å²) in [5.74, 6) is -3.37. The van der Waals surface area contributed by atoms with Gasteiger partial charge in [0.15, 0.2) is 17.3 Å². The first-order valence-electron chi connectivity index (χ1n) is 12.5. The van der Waals surface area contributed by atoms with E-state index in [1.807, 2.05) is 20.8 Å². The first kappa shape index (κ1) is 26.6. The van der Waals surface area contributed by atoms with E-state index in [0.29, 0.717) is 12.8 Å². The molecule has 0 aromatic carbocycles. The fraction of sp³-hybridized carbons (Fsp3) is 0.769. The minimum absolute atomic E-state index is 0.163. The Labute approximate surface area is 210 Å². The molecule has 2 heterocycles. The smallest absolute Gasteiger partial charge is 0.342 e. The molecule has 2 saturated heterocycles. The Kier molecular flexibility index (Phi) is 6.53. The fourth-order valence-corrected chi connectivity index (χ4v) is 6.98. The van der Waals surface area contributed by atoms with Crippen LogP contribution in [0.15, 0.2) is 11.6 Å². The molecule has 1 saturated carbocycles. The summed E-state index contributed by atoms with van der Waals surface area (Å²) in [6.45, 7) is 11.0. The number of epoxide rings is 1. The number of ether oxygens (including phenoxy) is 5. The minimum Gasteiger partial charge on any atom is -0.462 e. The average molecular weight is 509 g/mol. The molecule has 10 unspecified atom stereocenters. The van der Waals surface area contributed by atoms with Gasteiger partial charge in [0.25, 0.3) is 0 Å². The molecule has 200 valence electrons. The molecule has 0 aromatic rings. The quantitative estimate of drug-likeness (QED) is 0.261. The number of carbonyl (C=O) groups is 4. The first-order valence-corrected chi connectivity index (χ1v) is 12.5. The Hall–Kier alpha value is -2.46. The van der Waals surface area contributed by atoms with Crippen molar-refractivity contribution in [3.05, 3.63) is 11.6 Å². The highest BCUT2D eigenvalue weighted by Gasteiger charge is 2.86. The van der Waals surface area contributed by atoms with E-state index in [4.69, 9.17) is 23.7 Å². The number of carbonyl (C=O) groups excluding carboxylic acids is 4. The molecule has 0 amide bonds. The van der Waals surface area contributed by atoms with Gasteiger partial charge in [0.2, 0.25) is 0 Å². The minimum atomic E-state index is -1.39. The van der Waals surface area contributed by atoms with Gasteiger partial charge in [-0.3, -0.25) is 14.4 Å². The second-order valence-corrected chi connectivity index (χ2v) is 11.1. The lowest BCUT2D eigenvalue weighted by Crippen LogP contribution is -2.65. The number of aliphatic hydroxyl groups excluding tert-OH is 1.